The van der Waals surface area contributed by atoms with Crippen LogP contribution in [0.25, 0.3) is 0 Å². The van der Waals surface area contributed by atoms with Crippen LogP contribution in [0.4, 0.5) is 0 Å². The lowest BCUT2D eigenvalue weighted by Gasteiger charge is -2.45. The van der Waals surface area contributed by atoms with Crippen LogP contribution in [0.2, 0.25) is 0 Å². The van der Waals surface area contributed by atoms with Crippen molar-refractivity contribution in [3.8, 4) is 0 Å². The Hall–Kier alpha value is -1.69. The summed E-state index contributed by atoms with van der Waals surface area (Å²) in [5.41, 5.74) is 0. The summed E-state index contributed by atoms with van der Waals surface area (Å²) >= 11 is 0. The number of hydrogen-bond acceptors (Lipinski definition) is 16. The van der Waals surface area contributed by atoms with E-state index in [-0.39, 0.29) is 6.42 Å². The number of hydrogen-bond donors (Lipinski definition) is 11. The zero-order valence-corrected chi connectivity index (χ0v) is 47.7. The van der Waals surface area contributed by atoms with Gasteiger partial charge in [-0.15, -0.1) is 0 Å². The van der Waals surface area contributed by atoms with Crippen LogP contribution >= 0.6 is 15.6 Å². The van der Waals surface area contributed by atoms with Gasteiger partial charge in [0.05, 0.1) is 32.2 Å². The average molecular weight is 1140 g/mol. The van der Waals surface area contributed by atoms with Crippen molar-refractivity contribution in [2.24, 2.45) is 0 Å². The van der Waals surface area contributed by atoms with Crippen molar-refractivity contribution in [3.05, 3.63) is 0 Å². The molecule has 24 heteroatoms. The van der Waals surface area contributed by atoms with Gasteiger partial charge in [-0.2, -0.15) is 0 Å². The Morgan fingerprint density at radius 1 is 0.526 bits per heavy atom. The molecule has 0 aliphatic carbocycles. The fourth-order valence-electron chi connectivity index (χ4n) is 9.70. The molecule has 2 fully saturated rings. The van der Waals surface area contributed by atoms with Gasteiger partial charge in [-0.1, -0.05) is 181 Å². The molecule has 0 saturated carbocycles. The second-order valence-electron chi connectivity index (χ2n) is 20.9. The molecular formula is C52H100N2O20P2. The molecule has 4 unspecified atom stereocenters. The van der Waals surface area contributed by atoms with E-state index in [0.717, 1.165) is 89.9 Å². The third kappa shape index (κ3) is 31.3. The maximum atomic E-state index is 13.9. The zero-order chi connectivity index (χ0) is 56.4. The van der Waals surface area contributed by atoms with E-state index >= 15 is 0 Å². The van der Waals surface area contributed by atoms with Crippen molar-refractivity contribution in [3.63, 3.8) is 0 Å². The SMILES string of the molecule is CCCCCCCCCCCC(=O)O[C@@H](CCCCCCCCCCC)CC(=O)NC1[C@H](OCC2O[C@H](OP(=O)(O)O)C(NC(=O)C[C@@H](O)CCCCCCCCCCC)[C@@H](O)[C@@H]2O)OC(CO)[C@@H](OP(=O)(O)O)[C@@H]1O. The number of unbranched alkanes of at least 4 members (excludes halogenated alkanes) is 24. The number of ether oxygens (including phenoxy) is 4. The van der Waals surface area contributed by atoms with Gasteiger partial charge in [0.25, 0.3) is 0 Å². The number of aliphatic hydroxyl groups is 5. The highest BCUT2D eigenvalue weighted by molar-refractivity contribution is 7.46. The Balaban J connectivity index is 2.20. The summed E-state index contributed by atoms with van der Waals surface area (Å²) in [6, 6.07) is -3.52. The lowest BCUT2D eigenvalue weighted by Crippen LogP contribution is -2.67. The van der Waals surface area contributed by atoms with Crippen LogP contribution in [0.5, 0.6) is 0 Å². The van der Waals surface area contributed by atoms with E-state index in [1.165, 1.54) is 64.2 Å². The molecule has 12 atom stereocenters. The molecule has 2 amide bonds. The molecule has 2 saturated heterocycles. The molecule has 0 bridgehead atoms. The van der Waals surface area contributed by atoms with Gasteiger partial charge in [-0.05, 0) is 25.7 Å². The summed E-state index contributed by atoms with van der Waals surface area (Å²) in [7, 11) is -10.8. The van der Waals surface area contributed by atoms with Gasteiger partial charge < -0.3 is 74.7 Å². The third-order valence-electron chi connectivity index (χ3n) is 14.0. The molecule has 2 aliphatic rings. The smallest absolute Gasteiger partial charge is 0.462 e. The third-order valence-corrected chi connectivity index (χ3v) is 15.0. The zero-order valence-electron chi connectivity index (χ0n) is 45.9. The highest BCUT2D eigenvalue weighted by atomic mass is 31.2. The minimum Gasteiger partial charge on any atom is -0.462 e. The number of nitrogens with one attached hydrogen (secondary N) is 2. The fourth-order valence-corrected chi connectivity index (χ4v) is 10.7. The highest BCUT2D eigenvalue weighted by Gasteiger charge is 2.52. The standard InChI is InChI=1S/C52H100N2O20P2/c1-4-7-10-13-16-19-22-25-28-31-38(56)34-42(57)53-45-48(61)47(60)41(72-52(45)74-76(66,67)68)37-69-51-46(49(62)50(40(36-55)71-51)73-75(63,64)65)54-43(58)35-39(32-29-26-23-20-17-14-11-8-5-2)70-44(59)33-30-27-24-21-18-15-12-9-6-3/h38-41,45-52,55-56,60-62H,4-37H2,1-3H3,(H,53,57)(H,54,58)(H2,63,64,65)(H2,66,67,68)/t38-,39-,40?,41?,45?,46?,47+,48+,49+,50+,51+,52+/m0/s1. The first-order chi connectivity index (χ1) is 36.2. The molecule has 2 aliphatic heterocycles. The van der Waals surface area contributed by atoms with E-state index in [2.05, 4.69) is 31.4 Å². The largest absolute Gasteiger partial charge is 0.472 e. The van der Waals surface area contributed by atoms with Crippen LogP contribution < -0.4 is 10.6 Å². The van der Waals surface area contributed by atoms with Crippen molar-refractivity contribution in [1.29, 1.82) is 0 Å². The summed E-state index contributed by atoms with van der Waals surface area (Å²) in [6.07, 6.45) is 10.8. The number of carbonyl (C=O) groups is 3. The summed E-state index contributed by atoms with van der Waals surface area (Å²) in [5, 5.41) is 59.7. The van der Waals surface area contributed by atoms with Crippen LogP contribution in [-0.4, -0.2) is 150 Å². The van der Waals surface area contributed by atoms with Crippen LogP contribution in [0.15, 0.2) is 0 Å². The quantitative estimate of drug-likeness (QED) is 0.0168. The second-order valence-corrected chi connectivity index (χ2v) is 23.3. The summed E-state index contributed by atoms with van der Waals surface area (Å²) in [5.74, 6) is -2.11. The van der Waals surface area contributed by atoms with Gasteiger partial charge in [0, 0.05) is 6.42 Å². The van der Waals surface area contributed by atoms with Crippen molar-refractivity contribution in [1.82, 2.24) is 10.6 Å². The molecule has 76 heavy (non-hydrogen) atoms. The Labute approximate surface area is 452 Å². The van der Waals surface area contributed by atoms with Gasteiger partial charge in [-0.3, -0.25) is 23.4 Å². The normalized spacial score (nSPS) is 25.0. The van der Waals surface area contributed by atoms with E-state index in [4.69, 9.17) is 28.0 Å². The second kappa shape index (κ2) is 40.5. The molecule has 0 aromatic rings. The van der Waals surface area contributed by atoms with E-state index in [9.17, 15) is 68.6 Å². The molecule has 0 radical (unpaired) electrons. The Morgan fingerprint density at radius 3 is 1.42 bits per heavy atom. The first-order valence-electron chi connectivity index (χ1n) is 28.7. The van der Waals surface area contributed by atoms with Crippen LogP contribution in [0, 0.1) is 0 Å². The molecule has 0 aromatic heterocycles. The number of aliphatic hydroxyl groups excluding tert-OH is 5. The predicted molar refractivity (Wildman–Crippen MR) is 283 cm³/mol. The molecule has 0 aromatic carbocycles. The first-order valence-corrected chi connectivity index (χ1v) is 31.8. The highest BCUT2D eigenvalue weighted by Crippen LogP contribution is 2.43. The van der Waals surface area contributed by atoms with Crippen molar-refractivity contribution in [2.75, 3.05) is 13.2 Å². The number of phosphoric ester groups is 2. The molecule has 22 nitrogen and oxygen atoms in total. The number of amides is 2. The van der Waals surface area contributed by atoms with Crippen molar-refractivity contribution >= 4 is 33.4 Å². The molecule has 448 valence electrons. The van der Waals surface area contributed by atoms with Crippen LogP contribution in [-0.2, 0) is 51.5 Å². The van der Waals surface area contributed by atoms with E-state index in [1.807, 2.05) is 0 Å². The maximum absolute atomic E-state index is 13.9. The topological polar surface area (TPSA) is 347 Å². The summed E-state index contributed by atoms with van der Waals surface area (Å²) < 4.78 is 56.9. The van der Waals surface area contributed by atoms with Crippen molar-refractivity contribution in [2.45, 2.75) is 300 Å². The van der Waals surface area contributed by atoms with Crippen LogP contribution in [0.3, 0.4) is 0 Å². The fraction of sp³-hybridized carbons (Fsp3) is 0.942. The minimum atomic E-state index is -5.42. The number of esters is 1. The van der Waals surface area contributed by atoms with Crippen molar-refractivity contribution < 1.29 is 96.6 Å². The molecule has 11 N–H and O–H groups in total. The van der Waals surface area contributed by atoms with E-state index in [1.54, 1.807) is 0 Å². The molecular weight excluding hydrogens is 1030 g/mol. The van der Waals surface area contributed by atoms with Gasteiger partial charge in [0.1, 0.15) is 54.8 Å². The monoisotopic (exact) mass is 1130 g/mol. The number of phosphoric acid groups is 2. The Morgan fingerprint density at radius 2 is 0.947 bits per heavy atom. The lowest BCUT2D eigenvalue weighted by molar-refractivity contribution is -0.294. The Kier molecular flexibility index (Phi) is 37.5. The molecule has 2 heterocycles. The Bertz CT molecular complexity index is 1640. The van der Waals surface area contributed by atoms with Gasteiger partial charge >= 0.3 is 21.6 Å². The van der Waals surface area contributed by atoms with Crippen LogP contribution in [0.1, 0.15) is 226 Å². The molecule has 2 rings (SSSR count). The predicted octanol–water partition coefficient (Wildman–Crippen LogP) is 6.90. The summed E-state index contributed by atoms with van der Waals surface area (Å²) in [6.45, 7) is 4.65. The average Bonchev–Trinajstić information content (AvgIpc) is 3.35. The van der Waals surface area contributed by atoms with Gasteiger partial charge in [-0.25, -0.2) is 9.13 Å². The van der Waals surface area contributed by atoms with E-state index < -0.39 is 133 Å². The maximum Gasteiger partial charge on any atom is 0.472 e. The summed E-state index contributed by atoms with van der Waals surface area (Å²) in [4.78, 5) is 79.0. The van der Waals surface area contributed by atoms with E-state index in [0.29, 0.717) is 32.1 Å². The number of carbonyl (C=O) groups excluding carboxylic acids is 3. The van der Waals surface area contributed by atoms with Gasteiger partial charge in [0.15, 0.2) is 12.6 Å². The first kappa shape index (κ1) is 70.4. The number of rotatable bonds is 45. The minimum absolute atomic E-state index is 0.153. The molecule has 0 spiro atoms. The van der Waals surface area contributed by atoms with Gasteiger partial charge in [0.2, 0.25) is 11.8 Å². The lowest BCUT2D eigenvalue weighted by atomic mass is 9.95.